The minimum absolute atomic E-state index is 0.0503. The minimum Gasteiger partial charge on any atom is -0.338 e. The van der Waals surface area contributed by atoms with Crippen molar-refractivity contribution in [3.63, 3.8) is 0 Å². The molecule has 17 heavy (non-hydrogen) atoms. The van der Waals surface area contributed by atoms with Gasteiger partial charge in [-0.1, -0.05) is 30.1 Å². The first-order valence-electron chi connectivity index (χ1n) is 5.68. The Morgan fingerprint density at radius 1 is 1.53 bits per heavy atom. The van der Waals surface area contributed by atoms with Crippen molar-refractivity contribution in [1.29, 1.82) is 0 Å². The molecule has 0 N–H and O–H groups in total. The summed E-state index contributed by atoms with van der Waals surface area (Å²) >= 11 is 11.7. The molecular formula is C12H14Cl2N2O. The first kappa shape index (κ1) is 12.7. The summed E-state index contributed by atoms with van der Waals surface area (Å²) in [5, 5.41) is 0.673. The number of carbonyl (C=O) groups is 1. The summed E-state index contributed by atoms with van der Waals surface area (Å²) in [6.07, 6.45) is 3.67. The Kier molecular flexibility index (Phi) is 3.89. The Morgan fingerprint density at radius 2 is 2.29 bits per heavy atom. The zero-order chi connectivity index (χ0) is 12.4. The Balaban J connectivity index is 2.18. The number of halogens is 2. The third kappa shape index (κ3) is 2.90. The van der Waals surface area contributed by atoms with Gasteiger partial charge in [-0.3, -0.25) is 4.79 Å². The summed E-state index contributed by atoms with van der Waals surface area (Å²) in [4.78, 5) is 18.0. The number of rotatable bonds is 1. The fourth-order valence-corrected chi connectivity index (χ4v) is 2.56. The molecule has 0 aliphatic carbocycles. The van der Waals surface area contributed by atoms with Gasteiger partial charge in [-0.05, 0) is 24.8 Å². The van der Waals surface area contributed by atoms with Crippen LogP contribution in [0.5, 0.6) is 0 Å². The first-order valence-corrected chi connectivity index (χ1v) is 6.44. The number of amides is 1. The van der Waals surface area contributed by atoms with Crippen molar-refractivity contribution in [3.8, 4) is 0 Å². The summed E-state index contributed by atoms with van der Waals surface area (Å²) in [5.41, 5.74) is 0.435. The number of aromatic nitrogens is 1. The number of pyridine rings is 1. The third-order valence-electron chi connectivity index (χ3n) is 2.99. The third-order valence-corrected chi connectivity index (χ3v) is 3.51. The quantitative estimate of drug-likeness (QED) is 0.736. The van der Waals surface area contributed by atoms with E-state index in [1.54, 1.807) is 0 Å². The molecule has 1 aromatic rings. The average molecular weight is 273 g/mol. The molecule has 2 rings (SSSR count). The fourth-order valence-electron chi connectivity index (χ4n) is 2.11. The SMILES string of the molecule is CC1CCCN(C(=O)c2cnc(Cl)cc2Cl)C1. The highest BCUT2D eigenvalue weighted by molar-refractivity contribution is 6.36. The van der Waals surface area contributed by atoms with Gasteiger partial charge in [0.05, 0.1) is 10.6 Å². The first-order chi connectivity index (χ1) is 8.08. The Labute approximate surface area is 111 Å². The zero-order valence-corrected chi connectivity index (χ0v) is 11.1. The minimum atomic E-state index is -0.0503. The molecule has 1 amide bonds. The van der Waals surface area contributed by atoms with Gasteiger partial charge in [-0.25, -0.2) is 4.98 Å². The van der Waals surface area contributed by atoms with Gasteiger partial charge in [0.15, 0.2) is 0 Å². The van der Waals surface area contributed by atoms with Gasteiger partial charge in [-0.2, -0.15) is 0 Å². The van der Waals surface area contributed by atoms with E-state index < -0.39 is 0 Å². The Hall–Kier alpha value is -0.800. The van der Waals surface area contributed by atoms with Crippen molar-refractivity contribution in [2.45, 2.75) is 19.8 Å². The van der Waals surface area contributed by atoms with E-state index in [9.17, 15) is 4.79 Å². The maximum Gasteiger partial charge on any atom is 0.256 e. The van der Waals surface area contributed by atoms with Crippen LogP contribution in [0.2, 0.25) is 10.2 Å². The fraction of sp³-hybridized carbons (Fsp3) is 0.500. The molecule has 1 aliphatic heterocycles. The van der Waals surface area contributed by atoms with Crippen molar-refractivity contribution in [3.05, 3.63) is 28.0 Å². The van der Waals surface area contributed by atoms with Gasteiger partial charge in [-0.15, -0.1) is 0 Å². The summed E-state index contributed by atoms with van der Waals surface area (Å²) in [6, 6.07) is 1.50. The molecule has 1 fully saturated rings. The van der Waals surface area contributed by atoms with Gasteiger partial charge in [0.25, 0.3) is 5.91 Å². The van der Waals surface area contributed by atoms with E-state index in [4.69, 9.17) is 23.2 Å². The van der Waals surface area contributed by atoms with E-state index in [0.29, 0.717) is 21.7 Å². The second-order valence-electron chi connectivity index (χ2n) is 4.49. The van der Waals surface area contributed by atoms with E-state index >= 15 is 0 Å². The van der Waals surface area contributed by atoms with Crippen LogP contribution in [0.3, 0.4) is 0 Å². The number of likely N-dealkylation sites (tertiary alicyclic amines) is 1. The second-order valence-corrected chi connectivity index (χ2v) is 5.28. The molecule has 92 valence electrons. The number of hydrogen-bond acceptors (Lipinski definition) is 2. The lowest BCUT2D eigenvalue weighted by atomic mass is 10.00. The van der Waals surface area contributed by atoms with E-state index in [1.807, 2.05) is 4.90 Å². The monoisotopic (exact) mass is 272 g/mol. The molecule has 1 aliphatic rings. The second kappa shape index (κ2) is 5.23. The highest BCUT2D eigenvalue weighted by atomic mass is 35.5. The largest absolute Gasteiger partial charge is 0.338 e. The zero-order valence-electron chi connectivity index (χ0n) is 9.62. The van der Waals surface area contributed by atoms with Crippen molar-refractivity contribution >= 4 is 29.1 Å². The standard InChI is InChI=1S/C12H14Cl2N2O/c1-8-3-2-4-16(7-8)12(17)9-6-15-11(14)5-10(9)13/h5-6,8H,2-4,7H2,1H3. The van der Waals surface area contributed by atoms with Crippen LogP contribution in [0, 0.1) is 5.92 Å². The van der Waals surface area contributed by atoms with Gasteiger partial charge in [0.1, 0.15) is 5.15 Å². The van der Waals surface area contributed by atoms with Crippen LogP contribution >= 0.6 is 23.2 Å². The summed E-state index contributed by atoms with van der Waals surface area (Å²) < 4.78 is 0. The van der Waals surface area contributed by atoms with Crippen molar-refractivity contribution in [1.82, 2.24) is 9.88 Å². The molecule has 0 spiro atoms. The van der Waals surface area contributed by atoms with Crippen LogP contribution in [-0.4, -0.2) is 28.9 Å². The predicted molar refractivity (Wildman–Crippen MR) is 68.6 cm³/mol. The molecule has 1 unspecified atom stereocenters. The lowest BCUT2D eigenvalue weighted by Gasteiger charge is -2.31. The highest BCUT2D eigenvalue weighted by Crippen LogP contribution is 2.23. The average Bonchev–Trinajstić information content (AvgIpc) is 2.28. The topological polar surface area (TPSA) is 33.2 Å². The van der Waals surface area contributed by atoms with Crippen molar-refractivity contribution in [2.75, 3.05) is 13.1 Å². The molecule has 5 heteroatoms. The summed E-state index contributed by atoms with van der Waals surface area (Å²) in [6.45, 7) is 3.74. The van der Waals surface area contributed by atoms with Crippen LogP contribution in [-0.2, 0) is 0 Å². The van der Waals surface area contributed by atoms with Crippen LogP contribution in [0.15, 0.2) is 12.3 Å². The summed E-state index contributed by atoms with van der Waals surface area (Å²) in [5.74, 6) is 0.498. The lowest BCUT2D eigenvalue weighted by molar-refractivity contribution is 0.0683. The normalized spacial score (nSPS) is 20.4. The molecule has 0 radical (unpaired) electrons. The Bertz CT molecular complexity index is 437. The van der Waals surface area contributed by atoms with E-state index in [2.05, 4.69) is 11.9 Å². The van der Waals surface area contributed by atoms with E-state index in [1.165, 1.54) is 18.7 Å². The smallest absolute Gasteiger partial charge is 0.256 e. The maximum atomic E-state index is 12.2. The maximum absolute atomic E-state index is 12.2. The van der Waals surface area contributed by atoms with Crippen LogP contribution < -0.4 is 0 Å². The predicted octanol–water partition coefficient (Wildman–Crippen LogP) is 3.26. The molecule has 2 heterocycles. The molecule has 1 aromatic heterocycles. The van der Waals surface area contributed by atoms with Gasteiger partial charge in [0, 0.05) is 19.3 Å². The van der Waals surface area contributed by atoms with Crippen molar-refractivity contribution in [2.24, 2.45) is 5.92 Å². The van der Waals surface area contributed by atoms with Crippen molar-refractivity contribution < 1.29 is 4.79 Å². The lowest BCUT2D eigenvalue weighted by Crippen LogP contribution is -2.39. The van der Waals surface area contributed by atoms with Gasteiger partial charge >= 0.3 is 0 Å². The molecule has 1 atom stereocenters. The molecular weight excluding hydrogens is 259 g/mol. The van der Waals surface area contributed by atoms with E-state index in [0.717, 1.165) is 19.5 Å². The number of piperidine rings is 1. The molecule has 0 bridgehead atoms. The Morgan fingerprint density at radius 3 is 2.94 bits per heavy atom. The van der Waals surface area contributed by atoms with Crippen LogP contribution in [0.1, 0.15) is 30.1 Å². The van der Waals surface area contributed by atoms with Crippen LogP contribution in [0.4, 0.5) is 0 Å². The number of hydrogen-bond donors (Lipinski definition) is 0. The molecule has 0 saturated carbocycles. The number of carbonyl (C=O) groups excluding carboxylic acids is 1. The molecule has 3 nitrogen and oxygen atoms in total. The van der Waals surface area contributed by atoms with Gasteiger partial charge in [0.2, 0.25) is 0 Å². The molecule has 0 aromatic carbocycles. The highest BCUT2D eigenvalue weighted by Gasteiger charge is 2.23. The van der Waals surface area contributed by atoms with Gasteiger partial charge < -0.3 is 4.90 Å². The number of nitrogens with zero attached hydrogens (tertiary/aromatic N) is 2. The van der Waals surface area contributed by atoms with Crippen LogP contribution in [0.25, 0.3) is 0 Å². The summed E-state index contributed by atoms with van der Waals surface area (Å²) in [7, 11) is 0. The molecule has 1 saturated heterocycles. The van der Waals surface area contributed by atoms with E-state index in [-0.39, 0.29) is 5.91 Å².